The van der Waals surface area contributed by atoms with Gasteiger partial charge < -0.3 is 10.5 Å². The molecule has 2 heterocycles. The average molecular weight is 216 g/mol. The molecule has 0 radical (unpaired) electrons. The molecule has 2 rings (SSSR count). The maximum absolute atomic E-state index is 10.7. The number of hydrogen-bond acceptors (Lipinski definition) is 5. The molecule has 0 spiro atoms. The normalized spacial score (nSPS) is 9.75. The SMILES string of the molecule is NC(=O)Oc1ncccc1-c1ncccn1. The Labute approximate surface area is 91.1 Å². The molecule has 0 aliphatic rings. The van der Waals surface area contributed by atoms with Crippen molar-refractivity contribution in [3.63, 3.8) is 0 Å². The highest BCUT2D eigenvalue weighted by molar-refractivity contribution is 5.71. The molecule has 6 heteroatoms. The third kappa shape index (κ3) is 2.11. The van der Waals surface area contributed by atoms with Crippen LogP contribution in [0.3, 0.4) is 0 Å². The van der Waals surface area contributed by atoms with Crippen LogP contribution in [0.4, 0.5) is 4.79 Å². The molecule has 0 bridgehead atoms. The van der Waals surface area contributed by atoms with Crippen molar-refractivity contribution in [1.82, 2.24) is 15.0 Å². The summed E-state index contributed by atoms with van der Waals surface area (Å²) in [6, 6.07) is 5.08. The van der Waals surface area contributed by atoms with E-state index in [1.165, 1.54) is 6.20 Å². The van der Waals surface area contributed by atoms with E-state index in [0.29, 0.717) is 11.4 Å². The maximum Gasteiger partial charge on any atom is 0.411 e. The van der Waals surface area contributed by atoms with Crippen molar-refractivity contribution in [2.45, 2.75) is 0 Å². The van der Waals surface area contributed by atoms with E-state index in [9.17, 15) is 4.79 Å². The lowest BCUT2D eigenvalue weighted by Crippen LogP contribution is -2.17. The Morgan fingerprint density at radius 2 is 1.81 bits per heavy atom. The van der Waals surface area contributed by atoms with Crippen LogP contribution in [0.1, 0.15) is 0 Å². The summed E-state index contributed by atoms with van der Waals surface area (Å²) < 4.78 is 4.75. The standard InChI is InChI=1S/C10H8N4O2/c11-10(15)16-9-7(3-1-4-14-9)8-12-5-2-6-13-8/h1-6H,(H2,11,15). The number of nitrogens with two attached hydrogens (primary N) is 1. The number of pyridine rings is 1. The summed E-state index contributed by atoms with van der Waals surface area (Å²) in [6.45, 7) is 0. The van der Waals surface area contributed by atoms with Crippen LogP contribution in [0.15, 0.2) is 36.8 Å². The number of amides is 1. The minimum absolute atomic E-state index is 0.0983. The first kappa shape index (κ1) is 10.0. The summed E-state index contributed by atoms with van der Waals surface area (Å²) in [5.74, 6) is 0.521. The van der Waals surface area contributed by atoms with Crippen LogP contribution in [-0.2, 0) is 0 Å². The monoisotopic (exact) mass is 216 g/mol. The van der Waals surface area contributed by atoms with Crippen molar-refractivity contribution in [3.05, 3.63) is 36.8 Å². The fourth-order valence-corrected chi connectivity index (χ4v) is 1.18. The summed E-state index contributed by atoms with van der Waals surface area (Å²) in [7, 11) is 0. The summed E-state index contributed by atoms with van der Waals surface area (Å²) >= 11 is 0. The predicted octanol–water partition coefficient (Wildman–Crippen LogP) is 0.996. The Kier molecular flexibility index (Phi) is 2.73. The third-order valence-corrected chi connectivity index (χ3v) is 1.78. The number of carbonyl (C=O) groups excluding carboxylic acids is 1. The van der Waals surface area contributed by atoms with E-state index in [0.717, 1.165) is 0 Å². The number of aromatic nitrogens is 3. The highest BCUT2D eigenvalue weighted by Gasteiger charge is 2.11. The Morgan fingerprint density at radius 3 is 2.50 bits per heavy atom. The molecule has 6 nitrogen and oxygen atoms in total. The predicted molar refractivity (Wildman–Crippen MR) is 55.5 cm³/mol. The maximum atomic E-state index is 10.7. The molecule has 2 aromatic rings. The molecule has 2 aromatic heterocycles. The molecule has 16 heavy (non-hydrogen) atoms. The number of rotatable bonds is 2. The van der Waals surface area contributed by atoms with E-state index in [2.05, 4.69) is 15.0 Å². The van der Waals surface area contributed by atoms with Crippen molar-refractivity contribution >= 4 is 6.09 Å². The number of primary amides is 1. The highest BCUT2D eigenvalue weighted by Crippen LogP contribution is 2.23. The van der Waals surface area contributed by atoms with Crippen molar-refractivity contribution in [3.8, 4) is 17.3 Å². The van der Waals surface area contributed by atoms with E-state index >= 15 is 0 Å². The van der Waals surface area contributed by atoms with Gasteiger partial charge in [-0.2, -0.15) is 0 Å². The molecule has 0 saturated heterocycles. The van der Waals surface area contributed by atoms with E-state index in [1.54, 1.807) is 30.6 Å². The first-order valence-electron chi connectivity index (χ1n) is 4.47. The Morgan fingerprint density at radius 1 is 1.12 bits per heavy atom. The zero-order chi connectivity index (χ0) is 11.4. The van der Waals surface area contributed by atoms with E-state index in [1.807, 2.05) is 0 Å². The van der Waals surface area contributed by atoms with Gasteiger partial charge in [-0.1, -0.05) is 0 Å². The molecule has 0 atom stereocenters. The Bertz CT molecular complexity index is 501. The van der Waals surface area contributed by atoms with Crippen molar-refractivity contribution < 1.29 is 9.53 Å². The molecule has 0 aromatic carbocycles. The van der Waals surface area contributed by atoms with Crippen molar-refractivity contribution in [2.24, 2.45) is 5.73 Å². The molecule has 0 aliphatic heterocycles. The molecule has 2 N–H and O–H groups in total. The van der Waals surface area contributed by atoms with Gasteiger partial charge in [0.25, 0.3) is 0 Å². The quantitative estimate of drug-likeness (QED) is 0.808. The van der Waals surface area contributed by atoms with Crippen LogP contribution in [0.2, 0.25) is 0 Å². The number of carbonyl (C=O) groups is 1. The lowest BCUT2D eigenvalue weighted by Gasteiger charge is -2.04. The summed E-state index contributed by atoms with van der Waals surface area (Å²) in [5.41, 5.74) is 5.45. The zero-order valence-electron chi connectivity index (χ0n) is 8.20. The lowest BCUT2D eigenvalue weighted by molar-refractivity contribution is 0.209. The molecule has 1 amide bonds. The smallest absolute Gasteiger partial charge is 0.391 e. The second-order valence-electron chi connectivity index (χ2n) is 2.85. The molecule has 0 saturated carbocycles. The van der Waals surface area contributed by atoms with Gasteiger partial charge in [-0.05, 0) is 18.2 Å². The molecular formula is C10H8N4O2. The largest absolute Gasteiger partial charge is 0.411 e. The number of nitrogens with zero attached hydrogens (tertiary/aromatic N) is 3. The van der Waals surface area contributed by atoms with Crippen LogP contribution >= 0.6 is 0 Å². The van der Waals surface area contributed by atoms with Gasteiger partial charge in [0.1, 0.15) is 0 Å². The van der Waals surface area contributed by atoms with Crippen LogP contribution in [-0.4, -0.2) is 21.0 Å². The molecule has 0 fully saturated rings. The van der Waals surface area contributed by atoms with Gasteiger partial charge in [-0.15, -0.1) is 0 Å². The van der Waals surface area contributed by atoms with Gasteiger partial charge in [0.2, 0.25) is 5.88 Å². The minimum atomic E-state index is -0.920. The van der Waals surface area contributed by atoms with Gasteiger partial charge in [-0.25, -0.2) is 19.7 Å². The van der Waals surface area contributed by atoms with Gasteiger partial charge in [0, 0.05) is 18.6 Å². The van der Waals surface area contributed by atoms with Gasteiger partial charge in [-0.3, -0.25) is 0 Å². The fourth-order valence-electron chi connectivity index (χ4n) is 1.18. The second-order valence-corrected chi connectivity index (χ2v) is 2.85. The van der Waals surface area contributed by atoms with Crippen LogP contribution in [0.5, 0.6) is 5.88 Å². The lowest BCUT2D eigenvalue weighted by atomic mass is 10.2. The van der Waals surface area contributed by atoms with E-state index < -0.39 is 6.09 Å². The van der Waals surface area contributed by atoms with E-state index in [-0.39, 0.29) is 5.88 Å². The average Bonchev–Trinajstić information content (AvgIpc) is 2.30. The van der Waals surface area contributed by atoms with Gasteiger partial charge >= 0.3 is 6.09 Å². The topological polar surface area (TPSA) is 91.0 Å². The van der Waals surface area contributed by atoms with Crippen LogP contribution in [0.25, 0.3) is 11.4 Å². The van der Waals surface area contributed by atoms with E-state index in [4.69, 9.17) is 10.5 Å². The van der Waals surface area contributed by atoms with Crippen molar-refractivity contribution in [2.75, 3.05) is 0 Å². The number of hydrogen-bond donors (Lipinski definition) is 1. The molecule has 80 valence electrons. The highest BCUT2D eigenvalue weighted by atomic mass is 16.6. The second kappa shape index (κ2) is 4.35. The summed E-state index contributed by atoms with van der Waals surface area (Å²) in [4.78, 5) is 22.6. The Balaban J connectivity index is 2.44. The Hall–Kier alpha value is -2.50. The zero-order valence-corrected chi connectivity index (χ0v) is 8.20. The van der Waals surface area contributed by atoms with Gasteiger partial charge in [0.15, 0.2) is 5.82 Å². The first-order valence-corrected chi connectivity index (χ1v) is 4.47. The summed E-state index contributed by atoms with van der Waals surface area (Å²) in [6.07, 6.45) is 3.74. The number of ether oxygens (including phenoxy) is 1. The molecule has 0 aliphatic carbocycles. The summed E-state index contributed by atoms with van der Waals surface area (Å²) in [5, 5.41) is 0. The van der Waals surface area contributed by atoms with Crippen LogP contribution in [0, 0.1) is 0 Å². The van der Waals surface area contributed by atoms with Crippen LogP contribution < -0.4 is 10.5 Å². The minimum Gasteiger partial charge on any atom is -0.391 e. The fraction of sp³-hybridized carbons (Fsp3) is 0. The van der Waals surface area contributed by atoms with Gasteiger partial charge in [0.05, 0.1) is 5.56 Å². The molecule has 0 unspecified atom stereocenters. The third-order valence-electron chi connectivity index (χ3n) is 1.78. The van der Waals surface area contributed by atoms with Crippen molar-refractivity contribution in [1.29, 1.82) is 0 Å². The first-order chi connectivity index (χ1) is 7.77. The molecular weight excluding hydrogens is 208 g/mol.